The molecule has 2 aliphatic rings. The lowest BCUT2D eigenvalue weighted by Gasteiger charge is -2.29. The zero-order valence-corrected chi connectivity index (χ0v) is 17.7. The van der Waals surface area contributed by atoms with Crippen molar-refractivity contribution in [2.24, 2.45) is 11.8 Å². The molecule has 0 saturated carbocycles. The number of aliphatic carboxylic acids is 1. The van der Waals surface area contributed by atoms with E-state index in [1.807, 2.05) is 30.3 Å². The third kappa shape index (κ3) is 3.88. The Morgan fingerprint density at radius 1 is 1.09 bits per heavy atom. The lowest BCUT2D eigenvalue weighted by atomic mass is 9.79. The number of likely N-dealkylation sites (tertiary alicyclic amines) is 1. The highest BCUT2D eigenvalue weighted by atomic mass is 19.4. The molecule has 2 aromatic carbocycles. The van der Waals surface area contributed by atoms with Crippen LogP contribution in [0.15, 0.2) is 60.7 Å². The van der Waals surface area contributed by atoms with E-state index in [2.05, 4.69) is 5.32 Å². The van der Waals surface area contributed by atoms with Crippen molar-refractivity contribution in [3.05, 3.63) is 77.4 Å². The first-order valence-corrected chi connectivity index (χ1v) is 10.5. The van der Waals surface area contributed by atoms with Gasteiger partial charge in [0.1, 0.15) is 0 Å². The number of halogens is 3. The Hall–Kier alpha value is -3.50. The molecular formula is C24H21F3N2O5. The van der Waals surface area contributed by atoms with Gasteiger partial charge in [-0.05, 0) is 23.3 Å². The molecule has 2 amide bonds. The van der Waals surface area contributed by atoms with Gasteiger partial charge in [0, 0.05) is 12.6 Å². The number of benzene rings is 2. The Morgan fingerprint density at radius 3 is 2.41 bits per heavy atom. The van der Waals surface area contributed by atoms with Crippen LogP contribution < -0.4 is 5.32 Å². The summed E-state index contributed by atoms with van der Waals surface area (Å²) in [5, 5.41) is 22.5. The van der Waals surface area contributed by atoms with Crippen molar-refractivity contribution >= 4 is 23.9 Å². The maximum absolute atomic E-state index is 13.3. The van der Waals surface area contributed by atoms with Crippen LogP contribution in [0.1, 0.15) is 22.7 Å². The van der Waals surface area contributed by atoms with Crippen molar-refractivity contribution in [2.75, 3.05) is 13.2 Å². The molecule has 4 rings (SSSR count). The van der Waals surface area contributed by atoms with E-state index in [1.165, 1.54) is 6.07 Å². The molecule has 2 aromatic rings. The Morgan fingerprint density at radius 2 is 1.79 bits per heavy atom. The summed E-state index contributed by atoms with van der Waals surface area (Å²) in [6.45, 7) is -1.17. The fourth-order valence-electron chi connectivity index (χ4n) is 4.71. The topological polar surface area (TPSA) is 107 Å². The standard InChI is InChI=1S/C24H21F3N2O5/c25-24(26,27)16-10-4-9-15(12-16)19-17-18(23(13-30,28-19)22(33)34)21(32)29(20(17)31)11-5-8-14-6-2-1-3-7-14/h1-10,12,17-19,28,30H,11,13H2,(H,33,34)/b8-5+. The molecule has 178 valence electrons. The second-order valence-corrected chi connectivity index (χ2v) is 8.28. The predicted octanol–water partition coefficient (Wildman–Crippen LogP) is 2.48. The Labute approximate surface area is 192 Å². The first kappa shape index (κ1) is 23.7. The number of nitrogens with zero attached hydrogens (tertiary/aromatic N) is 1. The number of carbonyl (C=O) groups is 3. The molecule has 2 fully saturated rings. The van der Waals surface area contributed by atoms with Crippen LogP contribution in [0.5, 0.6) is 0 Å². The number of aliphatic hydroxyl groups is 1. The number of carboxylic acids is 1. The number of rotatable bonds is 6. The van der Waals surface area contributed by atoms with Crippen LogP contribution in [-0.4, -0.2) is 51.6 Å². The van der Waals surface area contributed by atoms with Crippen LogP contribution in [0.25, 0.3) is 6.08 Å². The van der Waals surface area contributed by atoms with Gasteiger partial charge in [0.2, 0.25) is 11.8 Å². The van der Waals surface area contributed by atoms with Crippen LogP contribution in [-0.2, 0) is 20.6 Å². The van der Waals surface area contributed by atoms with E-state index in [0.717, 1.165) is 28.7 Å². The monoisotopic (exact) mass is 474 g/mol. The van der Waals surface area contributed by atoms with Crippen LogP contribution >= 0.6 is 0 Å². The van der Waals surface area contributed by atoms with Crippen LogP contribution in [0.3, 0.4) is 0 Å². The van der Waals surface area contributed by atoms with Crippen LogP contribution in [0.4, 0.5) is 13.2 Å². The number of alkyl halides is 3. The molecule has 3 N–H and O–H groups in total. The highest BCUT2D eigenvalue weighted by Crippen LogP contribution is 2.49. The molecular weight excluding hydrogens is 453 g/mol. The smallest absolute Gasteiger partial charge is 0.416 e. The van der Waals surface area contributed by atoms with Gasteiger partial charge in [-0.2, -0.15) is 13.2 Å². The van der Waals surface area contributed by atoms with Crippen LogP contribution in [0.2, 0.25) is 0 Å². The summed E-state index contributed by atoms with van der Waals surface area (Å²) >= 11 is 0. The molecule has 4 unspecified atom stereocenters. The second kappa shape index (κ2) is 8.69. The number of carbonyl (C=O) groups excluding carboxylic acids is 2. The minimum Gasteiger partial charge on any atom is -0.480 e. The molecule has 0 bridgehead atoms. The lowest BCUT2D eigenvalue weighted by molar-refractivity contribution is -0.153. The first-order chi connectivity index (χ1) is 16.1. The van der Waals surface area contributed by atoms with E-state index < -0.39 is 59.5 Å². The summed E-state index contributed by atoms with van der Waals surface area (Å²) < 4.78 is 39.8. The van der Waals surface area contributed by atoms with Gasteiger partial charge in [0.15, 0.2) is 5.54 Å². The third-order valence-corrected chi connectivity index (χ3v) is 6.35. The highest BCUT2D eigenvalue weighted by Gasteiger charge is 2.68. The SMILES string of the molecule is O=C1C2C(c3cccc(C(F)(F)F)c3)NC(CO)(C(=O)O)C2C(=O)N1C/C=C/c1ccccc1. The van der Waals surface area contributed by atoms with Gasteiger partial charge in [-0.15, -0.1) is 0 Å². The van der Waals surface area contributed by atoms with Gasteiger partial charge < -0.3 is 10.2 Å². The molecule has 0 spiro atoms. The molecule has 2 aliphatic heterocycles. The lowest BCUT2D eigenvalue weighted by Crippen LogP contribution is -2.58. The summed E-state index contributed by atoms with van der Waals surface area (Å²) in [6, 6.07) is 12.0. The van der Waals surface area contributed by atoms with Crippen molar-refractivity contribution in [1.82, 2.24) is 10.2 Å². The molecule has 10 heteroatoms. The molecule has 4 atom stereocenters. The maximum Gasteiger partial charge on any atom is 0.416 e. The largest absolute Gasteiger partial charge is 0.480 e. The minimum atomic E-state index is -4.65. The molecule has 0 aromatic heterocycles. The van der Waals surface area contributed by atoms with Gasteiger partial charge in [0.25, 0.3) is 0 Å². The van der Waals surface area contributed by atoms with E-state index in [9.17, 15) is 37.8 Å². The van der Waals surface area contributed by atoms with E-state index in [0.29, 0.717) is 0 Å². The fourth-order valence-corrected chi connectivity index (χ4v) is 4.71. The van der Waals surface area contributed by atoms with Gasteiger partial charge in [-0.1, -0.05) is 54.6 Å². The first-order valence-electron chi connectivity index (χ1n) is 10.5. The summed E-state index contributed by atoms with van der Waals surface area (Å²) in [4.78, 5) is 39.5. The minimum absolute atomic E-state index is 0.00391. The van der Waals surface area contributed by atoms with Crippen molar-refractivity contribution in [3.8, 4) is 0 Å². The number of imide groups is 1. The Kier molecular flexibility index (Phi) is 6.05. The highest BCUT2D eigenvalue weighted by molar-refractivity contribution is 6.09. The zero-order chi connectivity index (χ0) is 24.7. The third-order valence-electron chi connectivity index (χ3n) is 6.35. The quantitative estimate of drug-likeness (QED) is 0.556. The maximum atomic E-state index is 13.3. The van der Waals surface area contributed by atoms with Gasteiger partial charge >= 0.3 is 12.1 Å². The number of fused-ring (bicyclic) bond motifs is 1. The predicted molar refractivity (Wildman–Crippen MR) is 114 cm³/mol. The number of nitrogens with one attached hydrogen (secondary N) is 1. The zero-order valence-electron chi connectivity index (χ0n) is 17.7. The van der Waals surface area contributed by atoms with Crippen molar-refractivity contribution in [1.29, 1.82) is 0 Å². The summed E-state index contributed by atoms with van der Waals surface area (Å²) in [5.74, 6) is -5.84. The normalized spacial score (nSPS) is 26.9. The second-order valence-electron chi connectivity index (χ2n) is 8.28. The Balaban J connectivity index is 1.70. The van der Waals surface area contributed by atoms with Crippen molar-refractivity contribution < 1.29 is 37.8 Å². The summed E-state index contributed by atoms with van der Waals surface area (Å²) in [7, 11) is 0. The average molecular weight is 474 g/mol. The molecule has 2 heterocycles. The summed E-state index contributed by atoms with van der Waals surface area (Å²) in [5.41, 5.74) is -2.36. The van der Waals surface area contributed by atoms with Crippen molar-refractivity contribution in [3.63, 3.8) is 0 Å². The van der Waals surface area contributed by atoms with Crippen LogP contribution in [0, 0.1) is 11.8 Å². The van der Waals surface area contributed by atoms with E-state index in [4.69, 9.17) is 0 Å². The van der Waals surface area contributed by atoms with Gasteiger partial charge in [-0.25, -0.2) is 0 Å². The van der Waals surface area contributed by atoms with E-state index in [1.54, 1.807) is 12.2 Å². The number of amides is 2. The van der Waals surface area contributed by atoms with Gasteiger partial charge in [0.05, 0.1) is 24.0 Å². The Bertz CT molecular complexity index is 1150. The van der Waals surface area contributed by atoms with Crippen molar-refractivity contribution in [2.45, 2.75) is 17.8 Å². The van der Waals surface area contributed by atoms with E-state index in [-0.39, 0.29) is 12.1 Å². The number of carboxylic acid groups (broad SMARTS) is 1. The summed E-state index contributed by atoms with van der Waals surface area (Å²) in [6.07, 6.45) is -1.40. The molecule has 2 saturated heterocycles. The van der Waals surface area contributed by atoms with Gasteiger partial charge in [-0.3, -0.25) is 24.6 Å². The molecule has 0 radical (unpaired) electrons. The number of aliphatic hydroxyl groups excluding tert-OH is 1. The molecule has 0 aliphatic carbocycles. The molecule has 7 nitrogen and oxygen atoms in total. The van der Waals surface area contributed by atoms with E-state index >= 15 is 0 Å². The fraction of sp³-hybridized carbons (Fsp3) is 0.292. The molecule has 34 heavy (non-hydrogen) atoms. The number of hydrogen-bond donors (Lipinski definition) is 3. The number of hydrogen-bond acceptors (Lipinski definition) is 5. The average Bonchev–Trinajstić information content (AvgIpc) is 3.29.